The van der Waals surface area contributed by atoms with Crippen LogP contribution in [0.4, 0.5) is 0 Å². The molecule has 2 rings (SSSR count). The molecule has 5 nitrogen and oxygen atoms in total. The van der Waals surface area contributed by atoms with Gasteiger partial charge in [-0.25, -0.2) is 4.68 Å². The van der Waals surface area contributed by atoms with Gasteiger partial charge in [-0.2, -0.15) is 5.10 Å². The minimum Gasteiger partial charge on any atom is -0.481 e. The maximum absolute atomic E-state index is 11.3. The average Bonchev–Trinajstić information content (AvgIpc) is 2.67. The number of methoxy groups -OCH3 is 1. The van der Waals surface area contributed by atoms with Gasteiger partial charge in [0.25, 0.3) is 5.91 Å². The fourth-order valence-electron chi connectivity index (χ4n) is 1.71. The van der Waals surface area contributed by atoms with Crippen LogP contribution in [0.15, 0.2) is 28.7 Å². The van der Waals surface area contributed by atoms with E-state index < -0.39 is 5.91 Å². The van der Waals surface area contributed by atoms with E-state index >= 15 is 0 Å². The topological polar surface area (TPSA) is 70.1 Å². The van der Waals surface area contributed by atoms with E-state index in [9.17, 15) is 4.79 Å². The molecule has 0 spiro atoms. The lowest BCUT2D eigenvalue weighted by atomic mass is 10.2. The number of ether oxygens (including phenoxy) is 1. The van der Waals surface area contributed by atoms with Crippen molar-refractivity contribution in [3.05, 3.63) is 40.0 Å². The van der Waals surface area contributed by atoms with Crippen molar-refractivity contribution in [3.63, 3.8) is 0 Å². The molecule has 94 valence electrons. The smallest absolute Gasteiger partial charge is 0.269 e. The Labute approximate surface area is 113 Å². The van der Waals surface area contributed by atoms with Crippen LogP contribution in [-0.4, -0.2) is 22.8 Å². The Hall–Kier alpha value is -1.82. The van der Waals surface area contributed by atoms with Crippen molar-refractivity contribution in [2.24, 2.45) is 5.73 Å². The molecule has 0 saturated heterocycles. The monoisotopic (exact) mass is 309 g/mol. The van der Waals surface area contributed by atoms with Gasteiger partial charge in [-0.1, -0.05) is 15.9 Å². The molecule has 0 atom stereocenters. The summed E-state index contributed by atoms with van der Waals surface area (Å²) in [6.07, 6.45) is 0. The molecule has 2 N–H and O–H groups in total. The largest absolute Gasteiger partial charge is 0.481 e. The molecular weight excluding hydrogens is 298 g/mol. The molecule has 0 fully saturated rings. The third-order valence-electron chi connectivity index (χ3n) is 2.57. The standard InChI is InChI=1S/C12H12BrN3O2/c1-7-10(11(14)17)15-16(12(7)18-2)9-5-3-8(13)4-6-9/h3-6H,1-2H3,(H2,14,17). The third-order valence-corrected chi connectivity index (χ3v) is 3.09. The molecule has 0 aliphatic rings. The van der Waals surface area contributed by atoms with E-state index in [0.717, 1.165) is 10.2 Å². The number of halogens is 1. The molecule has 6 heteroatoms. The number of amides is 1. The lowest BCUT2D eigenvalue weighted by Gasteiger charge is -2.06. The van der Waals surface area contributed by atoms with Crippen LogP contribution in [0.5, 0.6) is 5.88 Å². The van der Waals surface area contributed by atoms with Gasteiger partial charge >= 0.3 is 0 Å². The molecule has 0 unspecified atom stereocenters. The van der Waals surface area contributed by atoms with Gasteiger partial charge in [0.2, 0.25) is 5.88 Å². The van der Waals surface area contributed by atoms with Gasteiger partial charge in [0.15, 0.2) is 5.69 Å². The van der Waals surface area contributed by atoms with Crippen LogP contribution < -0.4 is 10.5 Å². The van der Waals surface area contributed by atoms with Crippen LogP contribution in [0.25, 0.3) is 5.69 Å². The molecule has 1 amide bonds. The molecule has 0 saturated carbocycles. The second kappa shape index (κ2) is 4.81. The van der Waals surface area contributed by atoms with E-state index in [0.29, 0.717) is 11.4 Å². The lowest BCUT2D eigenvalue weighted by molar-refractivity contribution is 0.0994. The first-order chi connectivity index (χ1) is 8.54. The van der Waals surface area contributed by atoms with Crippen LogP contribution in [0.3, 0.4) is 0 Å². The molecule has 0 aliphatic carbocycles. The lowest BCUT2D eigenvalue weighted by Crippen LogP contribution is -2.13. The van der Waals surface area contributed by atoms with Gasteiger partial charge in [-0.15, -0.1) is 0 Å². The summed E-state index contributed by atoms with van der Waals surface area (Å²) >= 11 is 3.36. The SMILES string of the molecule is COc1c(C)c(C(N)=O)nn1-c1ccc(Br)cc1. The molecule has 2 aromatic rings. The maximum Gasteiger partial charge on any atom is 0.269 e. The van der Waals surface area contributed by atoms with Crippen LogP contribution in [0.2, 0.25) is 0 Å². The van der Waals surface area contributed by atoms with Gasteiger partial charge < -0.3 is 10.5 Å². The quantitative estimate of drug-likeness (QED) is 0.943. The van der Waals surface area contributed by atoms with E-state index in [1.807, 2.05) is 24.3 Å². The average molecular weight is 310 g/mol. The van der Waals surface area contributed by atoms with E-state index in [1.165, 1.54) is 7.11 Å². The highest BCUT2D eigenvalue weighted by Crippen LogP contribution is 2.25. The number of benzene rings is 1. The Kier molecular flexibility index (Phi) is 3.38. The summed E-state index contributed by atoms with van der Waals surface area (Å²) in [4.78, 5) is 11.3. The summed E-state index contributed by atoms with van der Waals surface area (Å²) in [6.45, 7) is 1.75. The highest BCUT2D eigenvalue weighted by molar-refractivity contribution is 9.10. The number of carbonyl (C=O) groups excluding carboxylic acids is 1. The Bertz CT molecular complexity index is 590. The molecule has 1 aromatic carbocycles. The van der Waals surface area contributed by atoms with Crippen LogP contribution >= 0.6 is 15.9 Å². The van der Waals surface area contributed by atoms with E-state index in [4.69, 9.17) is 10.5 Å². The zero-order chi connectivity index (χ0) is 13.3. The number of hydrogen-bond acceptors (Lipinski definition) is 3. The first-order valence-corrected chi connectivity index (χ1v) is 6.03. The van der Waals surface area contributed by atoms with Crippen molar-refractivity contribution in [1.29, 1.82) is 0 Å². The predicted molar refractivity (Wildman–Crippen MR) is 71.1 cm³/mol. The number of carbonyl (C=O) groups is 1. The van der Waals surface area contributed by atoms with Gasteiger partial charge in [0.05, 0.1) is 12.8 Å². The second-order valence-electron chi connectivity index (χ2n) is 3.74. The van der Waals surface area contributed by atoms with Crippen molar-refractivity contribution >= 4 is 21.8 Å². The van der Waals surface area contributed by atoms with Crippen molar-refractivity contribution in [1.82, 2.24) is 9.78 Å². The van der Waals surface area contributed by atoms with Crippen LogP contribution in [0, 0.1) is 6.92 Å². The normalized spacial score (nSPS) is 10.4. The fourth-order valence-corrected chi connectivity index (χ4v) is 1.98. The van der Waals surface area contributed by atoms with Gasteiger partial charge in [-0.05, 0) is 31.2 Å². The van der Waals surface area contributed by atoms with E-state index in [-0.39, 0.29) is 5.69 Å². The molecule has 0 bridgehead atoms. The number of aromatic nitrogens is 2. The Balaban J connectivity index is 2.60. The van der Waals surface area contributed by atoms with Crippen molar-refractivity contribution in [2.75, 3.05) is 7.11 Å². The van der Waals surface area contributed by atoms with Gasteiger partial charge in [0.1, 0.15) is 0 Å². The Morgan fingerprint density at radius 1 is 1.39 bits per heavy atom. The highest BCUT2D eigenvalue weighted by Gasteiger charge is 2.19. The fraction of sp³-hybridized carbons (Fsp3) is 0.167. The Morgan fingerprint density at radius 2 is 2.00 bits per heavy atom. The van der Waals surface area contributed by atoms with E-state index in [1.54, 1.807) is 11.6 Å². The zero-order valence-electron chi connectivity index (χ0n) is 9.98. The minimum absolute atomic E-state index is 0.217. The summed E-state index contributed by atoms with van der Waals surface area (Å²) in [5, 5.41) is 4.18. The summed E-state index contributed by atoms with van der Waals surface area (Å²) in [5.74, 6) is -0.0622. The minimum atomic E-state index is -0.568. The molecule has 18 heavy (non-hydrogen) atoms. The maximum atomic E-state index is 11.3. The highest BCUT2D eigenvalue weighted by atomic mass is 79.9. The zero-order valence-corrected chi connectivity index (χ0v) is 11.6. The molecular formula is C12H12BrN3O2. The number of hydrogen-bond donors (Lipinski definition) is 1. The third kappa shape index (κ3) is 2.11. The number of primary amides is 1. The summed E-state index contributed by atoms with van der Waals surface area (Å²) in [6, 6.07) is 7.50. The first-order valence-electron chi connectivity index (χ1n) is 5.24. The van der Waals surface area contributed by atoms with Crippen molar-refractivity contribution in [2.45, 2.75) is 6.92 Å². The van der Waals surface area contributed by atoms with Gasteiger partial charge in [0, 0.05) is 10.0 Å². The summed E-state index contributed by atoms with van der Waals surface area (Å²) in [5.41, 5.74) is 6.92. The van der Waals surface area contributed by atoms with Gasteiger partial charge in [-0.3, -0.25) is 4.79 Å². The predicted octanol–water partition coefficient (Wildman–Crippen LogP) is 2.05. The molecule has 0 radical (unpaired) electrons. The van der Waals surface area contributed by atoms with E-state index in [2.05, 4.69) is 21.0 Å². The second-order valence-corrected chi connectivity index (χ2v) is 4.65. The van der Waals surface area contributed by atoms with Crippen LogP contribution in [0.1, 0.15) is 16.1 Å². The summed E-state index contributed by atoms with van der Waals surface area (Å²) in [7, 11) is 1.53. The van der Waals surface area contributed by atoms with Crippen molar-refractivity contribution < 1.29 is 9.53 Å². The molecule has 0 aliphatic heterocycles. The Morgan fingerprint density at radius 3 is 2.50 bits per heavy atom. The molecule has 1 heterocycles. The number of rotatable bonds is 3. The summed E-state index contributed by atoms with van der Waals surface area (Å²) < 4.78 is 7.79. The molecule has 1 aromatic heterocycles. The number of nitrogens with zero attached hydrogens (tertiary/aromatic N) is 2. The van der Waals surface area contributed by atoms with Crippen molar-refractivity contribution in [3.8, 4) is 11.6 Å². The first kappa shape index (κ1) is 12.6. The van der Waals surface area contributed by atoms with Crippen LogP contribution in [-0.2, 0) is 0 Å². The number of nitrogens with two attached hydrogens (primary N) is 1.